The first-order valence-electron chi connectivity index (χ1n) is 11.4. The summed E-state index contributed by atoms with van der Waals surface area (Å²) in [5.74, 6) is 10.5. The molecule has 0 aliphatic rings. The maximum atomic E-state index is 5.38. The second-order valence-electron chi connectivity index (χ2n) is 7.82. The Morgan fingerprint density at radius 2 is 1.22 bits per heavy atom. The number of terminal acetylenes is 1. The smallest absolute Gasteiger partial charge is 0.205 e. The summed E-state index contributed by atoms with van der Waals surface area (Å²) in [7, 11) is 0. The van der Waals surface area contributed by atoms with Crippen LogP contribution in [-0.4, -0.2) is 20.3 Å². The summed E-state index contributed by atoms with van der Waals surface area (Å²) < 4.78 is 10.3. The Morgan fingerprint density at radius 3 is 1.72 bits per heavy atom. The van der Waals surface area contributed by atoms with Crippen molar-refractivity contribution in [1.29, 1.82) is 0 Å². The lowest BCUT2D eigenvalue weighted by atomic mass is 10.1. The highest BCUT2D eigenvalue weighted by Crippen LogP contribution is 2.24. The molecule has 0 saturated carbocycles. The van der Waals surface area contributed by atoms with Gasteiger partial charge in [0.25, 0.3) is 0 Å². The molecule has 5 aromatic rings. The zero-order valence-electron chi connectivity index (χ0n) is 20.3. The molecule has 0 N–H and O–H groups in total. The minimum absolute atomic E-state index is 0.497. The molecule has 0 unspecified atom stereocenters. The number of hydrogen-bond acceptors (Lipinski definition) is 6. The molecule has 36 heavy (non-hydrogen) atoms. The highest BCUT2D eigenvalue weighted by Gasteiger charge is 2.13. The van der Waals surface area contributed by atoms with Crippen LogP contribution < -0.4 is 0 Å². The van der Waals surface area contributed by atoms with Crippen molar-refractivity contribution in [3.8, 4) is 46.7 Å². The van der Waals surface area contributed by atoms with Gasteiger partial charge in [-0.2, -0.15) is 0 Å². The van der Waals surface area contributed by atoms with Crippen LogP contribution in [-0.2, 0) is 6.42 Å². The highest BCUT2D eigenvalue weighted by molar-refractivity contribution is 5.68. The Morgan fingerprint density at radius 1 is 0.722 bits per heavy atom. The molecule has 3 aromatic heterocycles. The van der Waals surface area contributed by atoms with Gasteiger partial charge in [0.2, 0.25) is 5.82 Å². The molecule has 0 aliphatic carbocycles. The number of aryl methyl sites for hydroxylation is 3. The number of rotatable bonds is 3. The first-order valence-corrected chi connectivity index (χ1v) is 11.4. The first-order chi connectivity index (χ1) is 17.6. The Labute approximate surface area is 210 Å². The third-order valence-electron chi connectivity index (χ3n) is 5.38. The van der Waals surface area contributed by atoms with Gasteiger partial charge in [-0.15, -0.1) is 6.42 Å². The monoisotopic (exact) mass is 472 g/mol. The molecule has 0 atom stereocenters. The predicted octanol–water partition coefficient (Wildman–Crippen LogP) is 6.03. The summed E-state index contributed by atoms with van der Waals surface area (Å²) in [5, 5.41) is 8.05. The molecular formula is C30H24N4O2. The van der Waals surface area contributed by atoms with Crippen molar-refractivity contribution < 1.29 is 9.05 Å². The lowest BCUT2D eigenvalue weighted by Gasteiger charge is -1.96. The molecule has 5 rings (SSSR count). The van der Waals surface area contributed by atoms with Gasteiger partial charge in [0.15, 0.2) is 0 Å². The fourth-order valence-corrected chi connectivity index (χ4v) is 3.37. The van der Waals surface area contributed by atoms with E-state index in [0.29, 0.717) is 17.3 Å². The van der Waals surface area contributed by atoms with E-state index in [1.54, 1.807) is 12.4 Å². The van der Waals surface area contributed by atoms with Crippen LogP contribution in [0.1, 0.15) is 41.0 Å². The standard InChI is InChI=1S/C18H15N3O.C12H9NO/c1-3-14-11-19-17(20-12-14)10-9-16-13(2)22-21-18(16)15-7-5-4-6-8-15;1-3-11-9(2)14-13-12(11)10-7-5-4-6-8-10/h4-8,11-12H,3H2,1-2H3;1,4-8H,2H3. The molecule has 0 saturated heterocycles. The van der Waals surface area contributed by atoms with Crippen molar-refractivity contribution in [2.45, 2.75) is 27.2 Å². The highest BCUT2D eigenvalue weighted by atomic mass is 16.5. The van der Waals surface area contributed by atoms with Crippen LogP contribution in [0, 0.1) is 38.0 Å². The zero-order chi connectivity index (χ0) is 25.3. The molecule has 0 amide bonds. The fraction of sp³-hybridized carbons (Fsp3) is 0.133. The predicted molar refractivity (Wildman–Crippen MR) is 139 cm³/mol. The maximum Gasteiger partial charge on any atom is 0.205 e. The minimum atomic E-state index is 0.497. The van der Waals surface area contributed by atoms with Crippen molar-refractivity contribution in [3.63, 3.8) is 0 Å². The van der Waals surface area contributed by atoms with Gasteiger partial charge in [0.05, 0.1) is 11.1 Å². The minimum Gasteiger partial charge on any atom is -0.360 e. The van der Waals surface area contributed by atoms with Gasteiger partial charge in [-0.25, -0.2) is 9.97 Å². The third-order valence-corrected chi connectivity index (χ3v) is 5.38. The quantitative estimate of drug-likeness (QED) is 0.298. The van der Waals surface area contributed by atoms with Gasteiger partial charge < -0.3 is 9.05 Å². The Hall–Kier alpha value is -4.94. The zero-order valence-corrected chi connectivity index (χ0v) is 20.3. The molecule has 3 heterocycles. The molecule has 0 spiro atoms. The van der Waals surface area contributed by atoms with E-state index in [1.165, 1.54) is 0 Å². The van der Waals surface area contributed by atoms with Crippen LogP contribution in [0.4, 0.5) is 0 Å². The van der Waals surface area contributed by atoms with Gasteiger partial charge in [-0.3, -0.25) is 0 Å². The summed E-state index contributed by atoms with van der Waals surface area (Å²) >= 11 is 0. The third kappa shape index (κ3) is 5.58. The fourth-order valence-electron chi connectivity index (χ4n) is 3.37. The Kier molecular flexibility index (Phi) is 7.70. The van der Waals surface area contributed by atoms with Crippen LogP contribution in [0.25, 0.3) is 22.5 Å². The van der Waals surface area contributed by atoms with Gasteiger partial charge >= 0.3 is 0 Å². The van der Waals surface area contributed by atoms with E-state index >= 15 is 0 Å². The van der Waals surface area contributed by atoms with Crippen molar-refractivity contribution in [1.82, 2.24) is 20.3 Å². The molecule has 0 fully saturated rings. The SMILES string of the molecule is C#Cc1c(-c2ccccc2)noc1C.CCc1cnc(C#Cc2c(-c3ccccc3)noc2C)nc1. The van der Waals surface area contributed by atoms with E-state index in [-0.39, 0.29) is 0 Å². The second kappa shape index (κ2) is 11.5. The van der Waals surface area contributed by atoms with Crippen LogP contribution in [0.2, 0.25) is 0 Å². The van der Waals surface area contributed by atoms with Crippen molar-refractivity contribution >= 4 is 0 Å². The number of hydrogen-bond donors (Lipinski definition) is 0. The van der Waals surface area contributed by atoms with Crippen molar-refractivity contribution in [2.24, 2.45) is 0 Å². The van der Waals surface area contributed by atoms with Crippen molar-refractivity contribution in [3.05, 3.63) is 107 Å². The molecule has 0 aliphatic heterocycles. The average Bonchev–Trinajstić information content (AvgIpc) is 3.50. The molecule has 176 valence electrons. The molecule has 0 radical (unpaired) electrons. The lowest BCUT2D eigenvalue weighted by Crippen LogP contribution is -1.91. The summed E-state index contributed by atoms with van der Waals surface area (Å²) in [5.41, 5.74) is 6.05. The van der Waals surface area contributed by atoms with Gasteiger partial charge in [-0.05, 0) is 31.8 Å². The van der Waals surface area contributed by atoms with Crippen molar-refractivity contribution in [2.75, 3.05) is 0 Å². The second-order valence-corrected chi connectivity index (χ2v) is 7.82. The van der Waals surface area contributed by atoms with Gasteiger partial charge in [0.1, 0.15) is 22.9 Å². The van der Waals surface area contributed by atoms with E-state index in [9.17, 15) is 0 Å². The number of benzene rings is 2. The normalized spacial score (nSPS) is 9.94. The molecule has 2 aromatic carbocycles. The van der Waals surface area contributed by atoms with E-state index in [2.05, 4.69) is 45.0 Å². The summed E-state index contributed by atoms with van der Waals surface area (Å²) in [4.78, 5) is 8.49. The molecular weight excluding hydrogens is 448 g/mol. The van der Waals surface area contributed by atoms with E-state index in [4.69, 9.17) is 15.5 Å². The first kappa shape index (κ1) is 24.2. The number of aromatic nitrogens is 4. The maximum absolute atomic E-state index is 5.38. The van der Waals surface area contributed by atoms with E-state index < -0.39 is 0 Å². The lowest BCUT2D eigenvalue weighted by molar-refractivity contribution is 0.399. The van der Waals surface area contributed by atoms with Gasteiger partial charge in [0, 0.05) is 23.5 Å². The molecule has 0 bridgehead atoms. The van der Waals surface area contributed by atoms with Crippen LogP contribution in [0.5, 0.6) is 0 Å². The van der Waals surface area contributed by atoms with E-state index in [1.807, 2.05) is 74.5 Å². The largest absolute Gasteiger partial charge is 0.360 e. The molecule has 6 heteroatoms. The number of nitrogens with zero attached hydrogens (tertiary/aromatic N) is 4. The van der Waals surface area contributed by atoms with Crippen LogP contribution in [0.15, 0.2) is 82.1 Å². The van der Waals surface area contributed by atoms with Crippen LogP contribution in [0.3, 0.4) is 0 Å². The topological polar surface area (TPSA) is 77.8 Å². The average molecular weight is 473 g/mol. The Bertz CT molecular complexity index is 1530. The van der Waals surface area contributed by atoms with E-state index in [0.717, 1.165) is 45.6 Å². The Balaban J connectivity index is 0.000000187. The summed E-state index contributed by atoms with van der Waals surface area (Å²) in [6.07, 6.45) is 9.90. The van der Waals surface area contributed by atoms with Gasteiger partial charge in [-0.1, -0.05) is 89.7 Å². The summed E-state index contributed by atoms with van der Waals surface area (Å²) in [6.45, 7) is 5.73. The molecule has 6 nitrogen and oxygen atoms in total. The summed E-state index contributed by atoms with van der Waals surface area (Å²) in [6, 6.07) is 19.6. The van der Waals surface area contributed by atoms with Crippen LogP contribution >= 0.6 is 0 Å².